The normalized spacial score (nSPS) is 22.6. The van der Waals surface area contributed by atoms with Crippen LogP contribution in [0.4, 0.5) is 0 Å². The van der Waals surface area contributed by atoms with Gasteiger partial charge in [-0.1, -0.05) is 30.3 Å². The monoisotopic (exact) mass is 315 g/mol. The van der Waals surface area contributed by atoms with Gasteiger partial charge in [-0.15, -0.1) is 0 Å². The lowest BCUT2D eigenvalue weighted by molar-refractivity contribution is -0.148. The summed E-state index contributed by atoms with van der Waals surface area (Å²) in [5.41, 5.74) is 0.791. The van der Waals surface area contributed by atoms with Crippen LogP contribution in [0.5, 0.6) is 0 Å². The summed E-state index contributed by atoms with van der Waals surface area (Å²) in [5.74, 6) is -1.15. The van der Waals surface area contributed by atoms with Crippen molar-refractivity contribution >= 4 is 5.97 Å². The minimum atomic E-state index is -0.781. The van der Waals surface area contributed by atoms with Crippen molar-refractivity contribution in [3.63, 3.8) is 0 Å². The highest BCUT2D eigenvalue weighted by atomic mass is 16.5. The summed E-state index contributed by atoms with van der Waals surface area (Å²) in [6.07, 6.45) is 1.67. The molecule has 0 N–H and O–H groups in total. The summed E-state index contributed by atoms with van der Waals surface area (Å²) in [6.45, 7) is 6.83. The van der Waals surface area contributed by atoms with Crippen LogP contribution in [0.1, 0.15) is 45.1 Å². The number of benzene rings is 1. The zero-order chi connectivity index (χ0) is 16.9. The van der Waals surface area contributed by atoms with Gasteiger partial charge in [0.2, 0.25) is 0 Å². The second kappa shape index (κ2) is 7.61. The minimum Gasteiger partial charge on any atom is -0.465 e. The molecule has 1 aliphatic heterocycles. The molecule has 0 aromatic heterocycles. The van der Waals surface area contributed by atoms with Crippen LogP contribution in [0.2, 0.25) is 0 Å². The molecule has 4 heteroatoms. The van der Waals surface area contributed by atoms with Crippen molar-refractivity contribution in [2.75, 3.05) is 13.2 Å². The van der Waals surface area contributed by atoms with Crippen LogP contribution in [-0.4, -0.2) is 24.8 Å². The number of rotatable bonds is 5. The van der Waals surface area contributed by atoms with E-state index in [2.05, 4.69) is 19.9 Å². The Morgan fingerprint density at radius 1 is 1.43 bits per heavy atom. The van der Waals surface area contributed by atoms with Crippen LogP contribution < -0.4 is 0 Å². The summed E-state index contributed by atoms with van der Waals surface area (Å²) in [6, 6.07) is 12.0. The first-order valence-electron chi connectivity index (χ1n) is 8.23. The van der Waals surface area contributed by atoms with Crippen molar-refractivity contribution in [3.8, 4) is 6.07 Å². The number of hydrogen-bond donors (Lipinski definition) is 0. The number of nitriles is 1. The SMILES string of the molecule is CCOC(=O)[C@H](C#N)[C@@H](c1ccccc1)[C@@H]1CCOC(C)(C)C1. The lowest BCUT2D eigenvalue weighted by atomic mass is 9.71. The molecular formula is C19H25NO3. The quantitative estimate of drug-likeness (QED) is 0.778. The number of esters is 1. The molecule has 1 aliphatic rings. The molecule has 1 heterocycles. The summed E-state index contributed by atoms with van der Waals surface area (Å²) in [7, 11) is 0. The molecule has 23 heavy (non-hydrogen) atoms. The van der Waals surface area contributed by atoms with Gasteiger partial charge in [0.1, 0.15) is 0 Å². The molecule has 0 aliphatic carbocycles. The van der Waals surface area contributed by atoms with E-state index in [9.17, 15) is 10.1 Å². The first-order chi connectivity index (χ1) is 11.0. The molecule has 0 bridgehead atoms. The minimum absolute atomic E-state index is 0.163. The Kier molecular flexibility index (Phi) is 5.79. The highest BCUT2D eigenvalue weighted by Gasteiger charge is 2.41. The predicted molar refractivity (Wildman–Crippen MR) is 87.7 cm³/mol. The Morgan fingerprint density at radius 2 is 2.13 bits per heavy atom. The van der Waals surface area contributed by atoms with E-state index in [1.165, 1.54) is 0 Å². The highest BCUT2D eigenvalue weighted by Crippen LogP contribution is 2.42. The van der Waals surface area contributed by atoms with Crippen LogP contribution in [-0.2, 0) is 14.3 Å². The number of nitrogens with zero attached hydrogens (tertiary/aromatic N) is 1. The largest absolute Gasteiger partial charge is 0.465 e. The van der Waals surface area contributed by atoms with Gasteiger partial charge in [-0.05, 0) is 45.1 Å². The third-order valence-corrected chi connectivity index (χ3v) is 4.47. The molecule has 0 radical (unpaired) electrons. The average molecular weight is 315 g/mol. The second-order valence-corrected chi connectivity index (χ2v) is 6.66. The molecule has 0 unspecified atom stereocenters. The average Bonchev–Trinajstić information content (AvgIpc) is 2.52. The van der Waals surface area contributed by atoms with E-state index < -0.39 is 11.9 Å². The number of carbonyl (C=O) groups excluding carboxylic acids is 1. The van der Waals surface area contributed by atoms with Gasteiger partial charge in [0.25, 0.3) is 0 Å². The fraction of sp³-hybridized carbons (Fsp3) is 0.579. The molecule has 0 spiro atoms. The topological polar surface area (TPSA) is 59.3 Å². The van der Waals surface area contributed by atoms with E-state index in [1.54, 1.807) is 6.92 Å². The molecule has 1 aromatic rings. The standard InChI is InChI=1S/C19H25NO3/c1-4-22-18(21)16(13-20)17(14-8-6-5-7-9-14)15-10-11-23-19(2,3)12-15/h5-9,15-17H,4,10-12H2,1-3H3/t15-,16-,17+/m1/s1. The Bertz CT molecular complexity index is 562. The second-order valence-electron chi connectivity index (χ2n) is 6.66. The van der Waals surface area contributed by atoms with Crippen LogP contribution in [0.3, 0.4) is 0 Å². The zero-order valence-corrected chi connectivity index (χ0v) is 14.1. The van der Waals surface area contributed by atoms with Gasteiger partial charge in [0.15, 0.2) is 5.92 Å². The van der Waals surface area contributed by atoms with Crippen LogP contribution in [0.15, 0.2) is 30.3 Å². The van der Waals surface area contributed by atoms with Crippen LogP contribution in [0, 0.1) is 23.2 Å². The van der Waals surface area contributed by atoms with E-state index in [1.807, 2.05) is 30.3 Å². The molecule has 124 valence electrons. The van der Waals surface area contributed by atoms with Crippen molar-refractivity contribution in [3.05, 3.63) is 35.9 Å². The summed E-state index contributed by atoms with van der Waals surface area (Å²) < 4.78 is 11.0. The number of hydrogen-bond acceptors (Lipinski definition) is 4. The van der Waals surface area contributed by atoms with Crippen molar-refractivity contribution in [2.45, 2.75) is 45.1 Å². The van der Waals surface area contributed by atoms with E-state index in [0.717, 1.165) is 18.4 Å². The zero-order valence-electron chi connectivity index (χ0n) is 14.1. The first-order valence-corrected chi connectivity index (χ1v) is 8.23. The molecule has 1 saturated heterocycles. The van der Waals surface area contributed by atoms with Crippen molar-refractivity contribution in [2.24, 2.45) is 11.8 Å². The number of carbonyl (C=O) groups is 1. The Balaban J connectivity index is 2.36. The molecule has 3 atom stereocenters. The molecule has 2 rings (SSSR count). The van der Waals surface area contributed by atoms with Gasteiger partial charge in [-0.2, -0.15) is 5.26 Å². The van der Waals surface area contributed by atoms with Crippen molar-refractivity contribution < 1.29 is 14.3 Å². The highest BCUT2D eigenvalue weighted by molar-refractivity contribution is 5.76. The third kappa shape index (κ3) is 4.33. The van der Waals surface area contributed by atoms with Crippen molar-refractivity contribution in [1.29, 1.82) is 5.26 Å². The lowest BCUT2D eigenvalue weighted by Gasteiger charge is -2.40. The summed E-state index contributed by atoms with van der Waals surface area (Å²) in [5, 5.41) is 9.63. The van der Waals surface area contributed by atoms with E-state index in [4.69, 9.17) is 9.47 Å². The fourth-order valence-corrected chi connectivity index (χ4v) is 3.51. The Labute approximate surface area is 138 Å². The fourth-order valence-electron chi connectivity index (χ4n) is 3.51. The predicted octanol–water partition coefficient (Wildman–Crippen LogP) is 3.68. The molecule has 1 aromatic carbocycles. The van der Waals surface area contributed by atoms with E-state index in [-0.39, 0.29) is 24.0 Å². The maximum atomic E-state index is 12.3. The lowest BCUT2D eigenvalue weighted by Crippen LogP contribution is -2.39. The molecule has 0 saturated carbocycles. The first kappa shape index (κ1) is 17.5. The van der Waals surface area contributed by atoms with Gasteiger partial charge in [-0.25, -0.2) is 0 Å². The van der Waals surface area contributed by atoms with Gasteiger partial charge in [0, 0.05) is 12.5 Å². The van der Waals surface area contributed by atoms with Gasteiger partial charge in [0.05, 0.1) is 18.3 Å². The maximum Gasteiger partial charge on any atom is 0.323 e. The smallest absolute Gasteiger partial charge is 0.323 e. The molecular weight excluding hydrogens is 290 g/mol. The maximum absolute atomic E-state index is 12.3. The molecule has 1 fully saturated rings. The van der Waals surface area contributed by atoms with Crippen molar-refractivity contribution in [1.82, 2.24) is 0 Å². The van der Waals surface area contributed by atoms with Gasteiger partial charge in [-0.3, -0.25) is 4.79 Å². The Hall–Kier alpha value is -1.86. The van der Waals surface area contributed by atoms with E-state index in [0.29, 0.717) is 6.61 Å². The van der Waals surface area contributed by atoms with Crippen LogP contribution in [0.25, 0.3) is 0 Å². The molecule has 0 amide bonds. The number of ether oxygens (including phenoxy) is 2. The van der Waals surface area contributed by atoms with Gasteiger partial charge < -0.3 is 9.47 Å². The molecule has 4 nitrogen and oxygen atoms in total. The van der Waals surface area contributed by atoms with Gasteiger partial charge >= 0.3 is 5.97 Å². The van der Waals surface area contributed by atoms with Crippen LogP contribution >= 0.6 is 0 Å². The third-order valence-electron chi connectivity index (χ3n) is 4.47. The van der Waals surface area contributed by atoms with E-state index >= 15 is 0 Å². The summed E-state index contributed by atoms with van der Waals surface area (Å²) >= 11 is 0. The summed E-state index contributed by atoms with van der Waals surface area (Å²) in [4.78, 5) is 12.3. The Morgan fingerprint density at radius 3 is 2.70 bits per heavy atom.